The van der Waals surface area contributed by atoms with Crippen molar-refractivity contribution in [3.05, 3.63) is 64.4 Å². The van der Waals surface area contributed by atoms with Crippen molar-refractivity contribution in [1.29, 1.82) is 0 Å². The second-order valence-corrected chi connectivity index (χ2v) is 5.49. The minimum atomic E-state index is -0.406. The quantitative estimate of drug-likeness (QED) is 0.750. The predicted octanol–water partition coefficient (Wildman–Crippen LogP) is 4.88. The highest BCUT2D eigenvalue weighted by Crippen LogP contribution is 2.29. The summed E-state index contributed by atoms with van der Waals surface area (Å²) in [7, 11) is 1.89. The van der Waals surface area contributed by atoms with Crippen molar-refractivity contribution < 1.29 is 9.18 Å². The maximum atomic E-state index is 13.4. The van der Waals surface area contributed by atoms with Gasteiger partial charge in [0.1, 0.15) is 5.82 Å². The summed E-state index contributed by atoms with van der Waals surface area (Å²) in [6.45, 7) is 3.47. The van der Waals surface area contributed by atoms with Gasteiger partial charge in [-0.05, 0) is 49.7 Å². The Bertz CT molecular complexity index is 654. The average molecular weight is 306 g/mol. The summed E-state index contributed by atoms with van der Waals surface area (Å²) in [6, 6.07) is 11.9. The standard InChI is InChI=1S/C17H17ClFNO/c1-11(13-4-6-14(18)7-5-13)20(3)17-9-8-15(19)10-16(17)12(2)21/h4-11H,1-3H3. The third kappa shape index (κ3) is 3.42. The van der Waals surface area contributed by atoms with E-state index in [1.165, 1.54) is 19.1 Å². The van der Waals surface area contributed by atoms with Crippen molar-refractivity contribution in [2.45, 2.75) is 19.9 Å². The summed E-state index contributed by atoms with van der Waals surface area (Å²) in [6.07, 6.45) is 0. The number of nitrogens with zero attached hydrogens (tertiary/aromatic N) is 1. The van der Waals surface area contributed by atoms with Crippen LogP contribution in [0.4, 0.5) is 10.1 Å². The van der Waals surface area contributed by atoms with E-state index in [0.717, 1.165) is 5.56 Å². The molecule has 1 unspecified atom stereocenters. The Kier molecular flexibility index (Phi) is 4.63. The maximum Gasteiger partial charge on any atom is 0.161 e. The van der Waals surface area contributed by atoms with E-state index in [0.29, 0.717) is 16.3 Å². The van der Waals surface area contributed by atoms with Gasteiger partial charge in [-0.2, -0.15) is 0 Å². The Morgan fingerprint density at radius 2 is 1.81 bits per heavy atom. The maximum absolute atomic E-state index is 13.4. The molecule has 0 saturated heterocycles. The zero-order valence-electron chi connectivity index (χ0n) is 12.2. The monoisotopic (exact) mass is 305 g/mol. The molecule has 0 fully saturated rings. The van der Waals surface area contributed by atoms with E-state index in [1.807, 2.05) is 43.1 Å². The molecule has 2 aromatic rings. The fraction of sp³-hybridized carbons (Fsp3) is 0.235. The van der Waals surface area contributed by atoms with Crippen LogP contribution in [0.3, 0.4) is 0 Å². The number of ketones is 1. The Morgan fingerprint density at radius 3 is 2.38 bits per heavy atom. The number of Topliss-reactive ketones (excluding diaryl/α,β-unsaturated/α-hetero) is 1. The van der Waals surface area contributed by atoms with E-state index in [2.05, 4.69) is 0 Å². The zero-order valence-corrected chi connectivity index (χ0v) is 13.0. The third-order valence-corrected chi connectivity index (χ3v) is 3.90. The van der Waals surface area contributed by atoms with Gasteiger partial charge in [-0.1, -0.05) is 23.7 Å². The highest BCUT2D eigenvalue weighted by molar-refractivity contribution is 6.30. The lowest BCUT2D eigenvalue weighted by atomic mass is 10.0. The lowest BCUT2D eigenvalue weighted by Crippen LogP contribution is -2.23. The number of halogens is 2. The summed E-state index contributed by atoms with van der Waals surface area (Å²) in [5, 5.41) is 0.680. The molecule has 0 N–H and O–H groups in total. The van der Waals surface area contributed by atoms with Gasteiger partial charge >= 0.3 is 0 Å². The number of rotatable bonds is 4. The molecule has 0 radical (unpaired) electrons. The van der Waals surface area contributed by atoms with Crippen molar-refractivity contribution in [3.8, 4) is 0 Å². The lowest BCUT2D eigenvalue weighted by molar-refractivity contribution is 0.101. The number of benzene rings is 2. The number of anilines is 1. The molecule has 0 aliphatic rings. The Morgan fingerprint density at radius 1 is 1.19 bits per heavy atom. The molecule has 2 aromatic carbocycles. The van der Waals surface area contributed by atoms with Gasteiger partial charge in [0, 0.05) is 23.3 Å². The van der Waals surface area contributed by atoms with Gasteiger partial charge in [-0.15, -0.1) is 0 Å². The van der Waals surface area contributed by atoms with Crippen molar-refractivity contribution in [2.24, 2.45) is 0 Å². The van der Waals surface area contributed by atoms with E-state index in [4.69, 9.17) is 11.6 Å². The van der Waals surface area contributed by atoms with E-state index >= 15 is 0 Å². The highest BCUT2D eigenvalue weighted by atomic mass is 35.5. The fourth-order valence-electron chi connectivity index (χ4n) is 2.27. The van der Waals surface area contributed by atoms with Crippen LogP contribution in [-0.4, -0.2) is 12.8 Å². The minimum Gasteiger partial charge on any atom is -0.367 e. The molecule has 2 rings (SSSR count). The molecule has 0 heterocycles. The van der Waals surface area contributed by atoms with Gasteiger partial charge < -0.3 is 4.90 Å². The van der Waals surface area contributed by atoms with E-state index in [1.54, 1.807) is 6.07 Å². The summed E-state index contributed by atoms with van der Waals surface area (Å²) in [5.41, 5.74) is 2.17. The Hall–Kier alpha value is -1.87. The van der Waals surface area contributed by atoms with Gasteiger partial charge in [-0.25, -0.2) is 4.39 Å². The molecule has 0 aromatic heterocycles. The molecule has 110 valence electrons. The van der Waals surface area contributed by atoms with Gasteiger partial charge in [0.15, 0.2) is 5.78 Å². The second kappa shape index (κ2) is 6.27. The van der Waals surface area contributed by atoms with Crippen LogP contribution in [0.15, 0.2) is 42.5 Å². The van der Waals surface area contributed by atoms with Crippen molar-refractivity contribution in [3.63, 3.8) is 0 Å². The highest BCUT2D eigenvalue weighted by Gasteiger charge is 2.17. The molecular formula is C17H17ClFNO. The van der Waals surface area contributed by atoms with Crippen LogP contribution < -0.4 is 4.90 Å². The molecule has 0 aliphatic carbocycles. The van der Waals surface area contributed by atoms with Crippen LogP contribution in [0.5, 0.6) is 0 Å². The van der Waals surface area contributed by atoms with Crippen molar-refractivity contribution in [2.75, 3.05) is 11.9 Å². The fourth-order valence-corrected chi connectivity index (χ4v) is 2.40. The lowest BCUT2D eigenvalue weighted by Gasteiger charge is -2.29. The molecule has 2 nitrogen and oxygen atoms in total. The first-order valence-electron chi connectivity index (χ1n) is 6.69. The zero-order chi connectivity index (χ0) is 15.6. The number of hydrogen-bond acceptors (Lipinski definition) is 2. The van der Waals surface area contributed by atoms with Crippen LogP contribution >= 0.6 is 11.6 Å². The summed E-state index contributed by atoms with van der Waals surface area (Å²) >= 11 is 5.90. The molecule has 0 bridgehead atoms. The second-order valence-electron chi connectivity index (χ2n) is 5.06. The van der Waals surface area contributed by atoms with Gasteiger partial charge in [0.2, 0.25) is 0 Å². The normalized spacial score (nSPS) is 12.0. The van der Waals surface area contributed by atoms with Crippen molar-refractivity contribution in [1.82, 2.24) is 0 Å². The number of carbonyl (C=O) groups excluding carboxylic acids is 1. The molecular weight excluding hydrogens is 289 g/mol. The topological polar surface area (TPSA) is 20.3 Å². The van der Waals surface area contributed by atoms with Gasteiger partial charge in [0.05, 0.1) is 6.04 Å². The van der Waals surface area contributed by atoms with Gasteiger partial charge in [0.25, 0.3) is 0 Å². The SMILES string of the molecule is CC(=O)c1cc(F)ccc1N(C)C(C)c1ccc(Cl)cc1. The predicted molar refractivity (Wildman–Crippen MR) is 84.7 cm³/mol. The minimum absolute atomic E-state index is 0.0332. The molecule has 0 spiro atoms. The molecule has 0 amide bonds. The van der Waals surface area contributed by atoms with Crippen LogP contribution in [0.1, 0.15) is 35.8 Å². The van der Waals surface area contributed by atoms with Crippen LogP contribution in [-0.2, 0) is 0 Å². The number of carbonyl (C=O) groups is 1. The summed E-state index contributed by atoms with van der Waals surface area (Å²) in [4.78, 5) is 13.7. The number of hydrogen-bond donors (Lipinski definition) is 0. The van der Waals surface area contributed by atoms with Gasteiger partial charge in [-0.3, -0.25) is 4.79 Å². The van der Waals surface area contributed by atoms with Crippen LogP contribution in [0.2, 0.25) is 5.02 Å². The first kappa shape index (κ1) is 15.5. The Labute approximate surface area is 129 Å². The average Bonchev–Trinajstić information content (AvgIpc) is 2.46. The van der Waals surface area contributed by atoms with Crippen LogP contribution in [0.25, 0.3) is 0 Å². The summed E-state index contributed by atoms with van der Waals surface area (Å²) < 4.78 is 13.4. The third-order valence-electron chi connectivity index (χ3n) is 3.65. The smallest absolute Gasteiger partial charge is 0.161 e. The summed E-state index contributed by atoms with van der Waals surface area (Å²) in [5.74, 6) is -0.559. The van der Waals surface area contributed by atoms with Crippen molar-refractivity contribution >= 4 is 23.1 Å². The first-order valence-corrected chi connectivity index (χ1v) is 7.06. The van der Waals surface area contributed by atoms with E-state index in [9.17, 15) is 9.18 Å². The molecule has 4 heteroatoms. The molecule has 1 atom stereocenters. The van der Waals surface area contributed by atoms with Crippen LogP contribution in [0, 0.1) is 5.82 Å². The molecule has 0 aliphatic heterocycles. The Balaban J connectivity index is 2.37. The van der Waals surface area contributed by atoms with E-state index < -0.39 is 5.82 Å². The molecule has 21 heavy (non-hydrogen) atoms. The largest absolute Gasteiger partial charge is 0.367 e. The molecule has 0 saturated carbocycles. The van der Waals surface area contributed by atoms with E-state index in [-0.39, 0.29) is 11.8 Å². The first-order chi connectivity index (χ1) is 9.90.